The van der Waals surface area contributed by atoms with Gasteiger partial charge in [0.05, 0.1) is 17.7 Å². The van der Waals surface area contributed by atoms with E-state index in [1.54, 1.807) is 10.9 Å². The number of thiazole rings is 1. The number of nitrogens with one attached hydrogen (secondary N) is 1. The van der Waals surface area contributed by atoms with E-state index in [0.29, 0.717) is 18.5 Å². The van der Waals surface area contributed by atoms with Gasteiger partial charge in [-0.1, -0.05) is 12.8 Å². The number of alkyl halides is 3. The molecule has 0 aliphatic heterocycles. The fraction of sp³-hybridized carbons (Fsp3) is 0.692. The monoisotopic (exact) mass is 321 g/mol. The molecular weight excluding hydrogens is 303 g/mol. The van der Waals surface area contributed by atoms with Crippen molar-refractivity contribution in [3.8, 4) is 0 Å². The number of amides is 2. The molecule has 0 saturated heterocycles. The first kappa shape index (κ1) is 16.1. The third-order valence-corrected chi connectivity index (χ3v) is 4.37. The van der Waals surface area contributed by atoms with Gasteiger partial charge in [0.2, 0.25) is 0 Å². The van der Waals surface area contributed by atoms with E-state index < -0.39 is 24.2 Å². The lowest BCUT2D eigenvalue weighted by Gasteiger charge is -2.29. The molecule has 0 unspecified atom stereocenters. The summed E-state index contributed by atoms with van der Waals surface area (Å²) in [5, 5.41) is 3.91. The lowest BCUT2D eigenvalue weighted by atomic mass is 9.98. The van der Waals surface area contributed by atoms with Crippen LogP contribution in [0.2, 0.25) is 0 Å². The molecule has 1 aliphatic rings. The normalized spacial score (nSPS) is 17.7. The topological polar surface area (TPSA) is 45.2 Å². The molecule has 1 aromatic heterocycles. The number of rotatable bonds is 4. The molecule has 1 aromatic rings. The lowest BCUT2D eigenvalue weighted by molar-refractivity contribution is -0.165. The summed E-state index contributed by atoms with van der Waals surface area (Å²) < 4.78 is 39.4. The summed E-state index contributed by atoms with van der Waals surface area (Å²) in [7, 11) is 1.47. The van der Waals surface area contributed by atoms with Crippen molar-refractivity contribution in [3.63, 3.8) is 0 Å². The van der Waals surface area contributed by atoms with Crippen molar-refractivity contribution >= 4 is 17.4 Å². The minimum atomic E-state index is -4.41. The van der Waals surface area contributed by atoms with Crippen molar-refractivity contribution in [2.24, 2.45) is 5.92 Å². The molecule has 21 heavy (non-hydrogen) atoms. The Morgan fingerprint density at radius 2 is 2.19 bits per heavy atom. The number of aromatic nitrogens is 1. The zero-order valence-electron chi connectivity index (χ0n) is 11.7. The number of urea groups is 1. The van der Waals surface area contributed by atoms with Crippen LogP contribution in [-0.2, 0) is 6.54 Å². The Hall–Kier alpha value is -1.31. The van der Waals surface area contributed by atoms with Crippen molar-refractivity contribution in [3.05, 3.63) is 16.6 Å². The van der Waals surface area contributed by atoms with E-state index in [0.717, 1.165) is 12.8 Å². The average Bonchev–Trinajstić information content (AvgIpc) is 3.06. The van der Waals surface area contributed by atoms with E-state index >= 15 is 0 Å². The van der Waals surface area contributed by atoms with Crippen LogP contribution in [0.4, 0.5) is 18.0 Å². The molecule has 4 nitrogen and oxygen atoms in total. The van der Waals surface area contributed by atoms with Gasteiger partial charge in [-0.3, -0.25) is 0 Å². The smallest absolute Gasteiger partial charge is 0.326 e. The second kappa shape index (κ2) is 6.64. The Morgan fingerprint density at radius 3 is 2.71 bits per heavy atom. The Bertz CT molecular complexity index is 458. The molecule has 8 heteroatoms. The fourth-order valence-electron chi connectivity index (χ4n) is 2.63. The van der Waals surface area contributed by atoms with Gasteiger partial charge in [0, 0.05) is 12.4 Å². The van der Waals surface area contributed by atoms with E-state index in [-0.39, 0.29) is 6.54 Å². The maximum atomic E-state index is 13.1. The first-order chi connectivity index (χ1) is 9.88. The van der Waals surface area contributed by atoms with E-state index in [1.165, 1.54) is 23.3 Å². The molecular formula is C13H18F3N3OS. The summed E-state index contributed by atoms with van der Waals surface area (Å²) in [4.78, 5) is 17.2. The minimum absolute atomic E-state index is 0.199. The number of carbonyl (C=O) groups excluding carboxylic acids is 1. The maximum Gasteiger partial charge on any atom is 0.408 e. The van der Waals surface area contributed by atoms with Gasteiger partial charge in [-0.2, -0.15) is 13.2 Å². The minimum Gasteiger partial charge on any atom is -0.326 e. The molecule has 1 heterocycles. The molecule has 2 amide bonds. The largest absolute Gasteiger partial charge is 0.408 e. The molecule has 1 aliphatic carbocycles. The third kappa shape index (κ3) is 4.33. The van der Waals surface area contributed by atoms with Crippen LogP contribution in [0.3, 0.4) is 0 Å². The van der Waals surface area contributed by atoms with Gasteiger partial charge < -0.3 is 10.2 Å². The van der Waals surface area contributed by atoms with Crippen LogP contribution in [-0.4, -0.2) is 35.2 Å². The van der Waals surface area contributed by atoms with Gasteiger partial charge in [0.15, 0.2) is 0 Å². The molecule has 118 valence electrons. The van der Waals surface area contributed by atoms with E-state index in [9.17, 15) is 18.0 Å². The number of hydrogen-bond donors (Lipinski definition) is 1. The SMILES string of the molecule is CN(Cc1cscn1)C(=O)N[C@@H](C1CCCC1)C(F)(F)F. The van der Waals surface area contributed by atoms with Gasteiger partial charge in [0.1, 0.15) is 6.04 Å². The van der Waals surface area contributed by atoms with Crippen LogP contribution in [0, 0.1) is 5.92 Å². The Morgan fingerprint density at radius 1 is 1.52 bits per heavy atom. The summed E-state index contributed by atoms with van der Waals surface area (Å²) in [5.74, 6) is -0.512. The second-order valence-corrected chi connectivity index (χ2v) is 6.07. The maximum absolute atomic E-state index is 13.1. The highest BCUT2D eigenvalue weighted by molar-refractivity contribution is 7.07. The molecule has 1 saturated carbocycles. The number of hydrogen-bond acceptors (Lipinski definition) is 3. The quantitative estimate of drug-likeness (QED) is 0.924. The summed E-state index contributed by atoms with van der Waals surface area (Å²) in [6.07, 6.45) is -1.80. The van der Waals surface area contributed by atoms with Crippen molar-refractivity contribution in [1.82, 2.24) is 15.2 Å². The number of carbonyl (C=O) groups is 1. The Kier molecular flexibility index (Phi) is 5.08. The van der Waals surface area contributed by atoms with Crippen LogP contribution in [0.5, 0.6) is 0 Å². The van der Waals surface area contributed by atoms with Crippen LogP contribution >= 0.6 is 11.3 Å². The zero-order valence-corrected chi connectivity index (χ0v) is 12.5. The average molecular weight is 321 g/mol. The lowest BCUT2D eigenvalue weighted by Crippen LogP contribution is -2.52. The molecule has 2 rings (SSSR count). The van der Waals surface area contributed by atoms with Crippen molar-refractivity contribution in [2.75, 3.05) is 7.05 Å². The summed E-state index contributed by atoms with van der Waals surface area (Å²) in [6.45, 7) is 0.199. The standard InChI is InChI=1S/C13H18F3N3OS/c1-19(6-10-7-21-8-17-10)12(20)18-11(13(14,15)16)9-4-2-3-5-9/h7-9,11H,2-6H2,1H3,(H,18,20)/t11-/m0/s1. The fourth-order valence-corrected chi connectivity index (χ4v) is 3.18. The van der Waals surface area contributed by atoms with Gasteiger partial charge in [-0.15, -0.1) is 11.3 Å². The number of nitrogens with zero attached hydrogens (tertiary/aromatic N) is 2. The first-order valence-corrected chi connectivity index (χ1v) is 7.77. The molecule has 1 fully saturated rings. The van der Waals surface area contributed by atoms with E-state index in [1.807, 2.05) is 0 Å². The highest BCUT2D eigenvalue weighted by Gasteiger charge is 2.46. The number of halogens is 3. The van der Waals surface area contributed by atoms with Crippen LogP contribution < -0.4 is 5.32 Å². The molecule has 1 atom stereocenters. The van der Waals surface area contributed by atoms with Gasteiger partial charge in [-0.25, -0.2) is 9.78 Å². The van der Waals surface area contributed by atoms with Crippen molar-refractivity contribution in [1.29, 1.82) is 0 Å². The predicted octanol–water partition coefficient (Wildman–Crippen LogP) is 3.41. The molecule has 0 spiro atoms. The second-order valence-electron chi connectivity index (χ2n) is 5.35. The molecule has 0 aromatic carbocycles. The predicted molar refractivity (Wildman–Crippen MR) is 73.9 cm³/mol. The van der Waals surface area contributed by atoms with Gasteiger partial charge >= 0.3 is 12.2 Å². The molecule has 1 N–H and O–H groups in total. The molecule has 0 radical (unpaired) electrons. The van der Waals surface area contributed by atoms with Gasteiger partial charge in [-0.05, 0) is 18.8 Å². The summed E-state index contributed by atoms with van der Waals surface area (Å²) >= 11 is 1.38. The summed E-state index contributed by atoms with van der Waals surface area (Å²) in [5.41, 5.74) is 2.29. The van der Waals surface area contributed by atoms with E-state index in [2.05, 4.69) is 10.3 Å². The van der Waals surface area contributed by atoms with Crippen molar-refractivity contribution < 1.29 is 18.0 Å². The third-order valence-electron chi connectivity index (χ3n) is 3.73. The highest BCUT2D eigenvalue weighted by Crippen LogP contribution is 2.35. The zero-order chi connectivity index (χ0) is 15.5. The van der Waals surface area contributed by atoms with Crippen molar-refractivity contribution in [2.45, 2.75) is 44.4 Å². The van der Waals surface area contributed by atoms with Crippen LogP contribution in [0.15, 0.2) is 10.9 Å². The van der Waals surface area contributed by atoms with Gasteiger partial charge in [0.25, 0.3) is 0 Å². The highest BCUT2D eigenvalue weighted by atomic mass is 32.1. The molecule has 0 bridgehead atoms. The Balaban J connectivity index is 1.97. The van der Waals surface area contributed by atoms with Crippen LogP contribution in [0.25, 0.3) is 0 Å². The van der Waals surface area contributed by atoms with E-state index in [4.69, 9.17) is 0 Å². The summed E-state index contributed by atoms with van der Waals surface area (Å²) in [6, 6.07) is -2.47. The first-order valence-electron chi connectivity index (χ1n) is 6.83. The Labute approximate surface area is 125 Å². The van der Waals surface area contributed by atoms with Crippen LogP contribution in [0.1, 0.15) is 31.4 Å².